The van der Waals surface area contributed by atoms with Crippen molar-refractivity contribution in [3.05, 3.63) is 130 Å². The standard InChI is InChI=1S/C46H40N4O/c1-43(2,3)25-22-33-34-24-29(44(4,5)6)38-26-14-9-11-16-30(26)47-32-18-13-19-35-39(32)46(50(34)42(38)47)40-36(51-35)21-20-28-41(40)48(37(23-25)49(33)46)31-17-12-10-15-27(31)45(28,7)8/h9-24H,1-8H3/q+2. The van der Waals surface area contributed by atoms with Gasteiger partial charge in [0.05, 0.1) is 5.39 Å². The molecule has 0 saturated carbocycles. The van der Waals surface area contributed by atoms with Gasteiger partial charge >= 0.3 is 5.66 Å². The molecule has 5 heteroatoms. The Balaban J connectivity index is 1.41. The average Bonchev–Trinajstić information content (AvgIpc) is 3.58. The molecule has 1 spiro atoms. The van der Waals surface area contributed by atoms with Gasteiger partial charge in [-0.05, 0) is 70.5 Å². The van der Waals surface area contributed by atoms with Gasteiger partial charge in [-0.1, -0.05) is 97.9 Å². The molecule has 0 N–H and O–H groups in total. The van der Waals surface area contributed by atoms with Crippen LogP contribution in [0.5, 0.6) is 11.5 Å². The third-order valence-corrected chi connectivity index (χ3v) is 12.7. The molecular weight excluding hydrogens is 625 g/mol. The zero-order valence-electron chi connectivity index (χ0n) is 30.4. The number of rotatable bonds is 0. The van der Waals surface area contributed by atoms with Crippen LogP contribution in [-0.4, -0.2) is 4.57 Å². The minimum atomic E-state index is -0.695. The van der Waals surface area contributed by atoms with Crippen LogP contribution in [-0.2, 0) is 21.9 Å². The predicted octanol–water partition coefficient (Wildman–Crippen LogP) is 10.1. The molecule has 248 valence electrons. The zero-order valence-corrected chi connectivity index (χ0v) is 30.4. The number of nitrogens with zero attached hydrogens (tertiary/aromatic N) is 4. The number of para-hydroxylation sites is 2. The Bertz CT molecular complexity index is 2840. The van der Waals surface area contributed by atoms with Gasteiger partial charge in [-0.3, -0.25) is 0 Å². The minimum absolute atomic E-state index is 0.0724. The Morgan fingerprint density at radius 1 is 0.647 bits per heavy atom. The maximum Gasteiger partial charge on any atom is 0.323 e. The van der Waals surface area contributed by atoms with E-state index in [1.807, 2.05) is 0 Å². The molecule has 4 aromatic carbocycles. The number of anilines is 3. The van der Waals surface area contributed by atoms with Crippen molar-refractivity contribution in [3.63, 3.8) is 0 Å². The summed E-state index contributed by atoms with van der Waals surface area (Å²) in [6.07, 6.45) is 0. The fourth-order valence-electron chi connectivity index (χ4n) is 10.5. The van der Waals surface area contributed by atoms with E-state index in [0.717, 1.165) is 11.5 Å². The van der Waals surface area contributed by atoms with Crippen molar-refractivity contribution in [1.29, 1.82) is 0 Å². The van der Waals surface area contributed by atoms with Crippen LogP contribution in [0.3, 0.4) is 0 Å². The fraction of sp³-hybridized carbons (Fsp3) is 0.261. The molecule has 12 rings (SSSR count). The van der Waals surface area contributed by atoms with E-state index in [1.54, 1.807) is 0 Å². The van der Waals surface area contributed by atoms with E-state index < -0.39 is 5.66 Å². The summed E-state index contributed by atoms with van der Waals surface area (Å²) in [7, 11) is 0. The number of hydrogen-bond donors (Lipinski definition) is 0. The van der Waals surface area contributed by atoms with Crippen molar-refractivity contribution in [2.75, 3.05) is 4.90 Å². The van der Waals surface area contributed by atoms with Crippen LogP contribution >= 0.6 is 0 Å². The fourth-order valence-corrected chi connectivity index (χ4v) is 10.5. The predicted molar refractivity (Wildman–Crippen MR) is 202 cm³/mol. The molecule has 5 aliphatic rings. The van der Waals surface area contributed by atoms with E-state index in [0.29, 0.717) is 0 Å². The van der Waals surface area contributed by atoms with E-state index in [-0.39, 0.29) is 16.2 Å². The molecule has 0 amide bonds. The second-order valence-corrected chi connectivity index (χ2v) is 17.9. The second kappa shape index (κ2) is 8.21. The number of hydrogen-bond acceptors (Lipinski definition) is 2. The summed E-state index contributed by atoms with van der Waals surface area (Å²) in [4.78, 5) is 2.58. The first-order valence-electron chi connectivity index (χ1n) is 18.4. The van der Waals surface area contributed by atoms with Crippen molar-refractivity contribution in [2.24, 2.45) is 0 Å². The molecule has 0 radical (unpaired) electrons. The van der Waals surface area contributed by atoms with Crippen molar-refractivity contribution < 1.29 is 13.9 Å². The molecule has 5 nitrogen and oxygen atoms in total. The molecule has 3 aromatic heterocycles. The first kappa shape index (κ1) is 28.3. The smallest absolute Gasteiger partial charge is 0.323 e. The van der Waals surface area contributed by atoms with Crippen molar-refractivity contribution in [2.45, 2.75) is 77.3 Å². The van der Waals surface area contributed by atoms with Crippen molar-refractivity contribution >= 4 is 39.1 Å². The van der Waals surface area contributed by atoms with Crippen LogP contribution in [0.1, 0.15) is 88.8 Å². The van der Waals surface area contributed by atoms with Crippen LogP contribution < -0.4 is 18.8 Å². The topological polar surface area (TPSA) is 25.2 Å². The molecule has 1 unspecified atom stereocenters. The summed E-state index contributed by atoms with van der Waals surface area (Å²) in [6.45, 7) is 18.9. The number of benzene rings is 4. The summed E-state index contributed by atoms with van der Waals surface area (Å²) >= 11 is 0. The maximum absolute atomic E-state index is 7.12. The number of pyridine rings is 2. The van der Waals surface area contributed by atoms with Gasteiger partial charge in [0.15, 0.2) is 17.1 Å². The summed E-state index contributed by atoms with van der Waals surface area (Å²) < 4.78 is 15.1. The third kappa shape index (κ3) is 2.88. The molecule has 0 saturated heterocycles. The minimum Gasteiger partial charge on any atom is -0.456 e. The Labute approximate surface area is 298 Å². The third-order valence-electron chi connectivity index (χ3n) is 12.7. The van der Waals surface area contributed by atoms with E-state index in [2.05, 4.69) is 171 Å². The highest BCUT2D eigenvalue weighted by molar-refractivity contribution is 6.10. The Hall–Kier alpha value is -5.42. The van der Waals surface area contributed by atoms with Crippen molar-refractivity contribution in [1.82, 2.24) is 4.57 Å². The van der Waals surface area contributed by atoms with Crippen LogP contribution in [0, 0.1) is 0 Å². The van der Waals surface area contributed by atoms with E-state index in [1.165, 1.54) is 89.6 Å². The summed E-state index contributed by atoms with van der Waals surface area (Å²) in [5.74, 6) is 3.05. The molecule has 0 fully saturated rings. The van der Waals surface area contributed by atoms with Gasteiger partial charge in [-0.25, -0.2) is 0 Å². The lowest BCUT2D eigenvalue weighted by Gasteiger charge is -2.46. The highest BCUT2D eigenvalue weighted by Gasteiger charge is 2.71. The molecule has 5 aliphatic heterocycles. The normalized spacial score (nSPS) is 18.9. The Morgan fingerprint density at radius 2 is 1.37 bits per heavy atom. The molecule has 1 atom stereocenters. The Morgan fingerprint density at radius 3 is 2.18 bits per heavy atom. The quantitative estimate of drug-likeness (QED) is 0.151. The molecule has 0 bridgehead atoms. The van der Waals surface area contributed by atoms with E-state index >= 15 is 0 Å². The van der Waals surface area contributed by atoms with Crippen LogP contribution in [0.4, 0.5) is 17.2 Å². The molecule has 0 aliphatic carbocycles. The van der Waals surface area contributed by atoms with Gasteiger partial charge in [0.1, 0.15) is 39.5 Å². The van der Waals surface area contributed by atoms with Gasteiger partial charge in [0, 0.05) is 28.0 Å². The molecular formula is C46H40N4O+2. The van der Waals surface area contributed by atoms with Crippen molar-refractivity contribution in [3.8, 4) is 28.6 Å². The molecule has 7 aromatic rings. The van der Waals surface area contributed by atoms with Gasteiger partial charge in [-0.15, -0.1) is 0 Å². The lowest BCUT2D eigenvalue weighted by atomic mass is 9.70. The highest BCUT2D eigenvalue weighted by Crippen LogP contribution is 2.64. The first-order chi connectivity index (χ1) is 24.3. The maximum atomic E-state index is 7.12. The van der Waals surface area contributed by atoms with E-state index in [4.69, 9.17) is 4.74 Å². The largest absolute Gasteiger partial charge is 0.456 e. The molecule has 51 heavy (non-hydrogen) atoms. The average molecular weight is 665 g/mol. The highest BCUT2D eigenvalue weighted by atomic mass is 16.5. The number of fused-ring (bicyclic) bond motifs is 8. The van der Waals surface area contributed by atoms with Gasteiger partial charge in [0.2, 0.25) is 0 Å². The lowest BCUT2D eigenvalue weighted by Crippen LogP contribution is -2.76. The summed E-state index contributed by atoms with van der Waals surface area (Å²) in [5, 5.41) is 2.63. The zero-order chi connectivity index (χ0) is 34.7. The first-order valence-corrected chi connectivity index (χ1v) is 18.4. The second-order valence-electron chi connectivity index (χ2n) is 17.9. The number of aromatic nitrogens is 3. The molecule has 8 heterocycles. The van der Waals surface area contributed by atoms with E-state index in [9.17, 15) is 0 Å². The van der Waals surface area contributed by atoms with Crippen LogP contribution in [0.25, 0.3) is 39.0 Å². The summed E-state index contributed by atoms with van der Waals surface area (Å²) in [5.41, 5.74) is 15.4. The van der Waals surface area contributed by atoms with Gasteiger partial charge in [-0.2, -0.15) is 18.6 Å². The SMILES string of the molecule is CC(C)(C)c1cc2[n+]3c(c1)N1c4ccccc4C(C)(C)c4ccc5c(c41)C31c3c(cccc3-n3c4ccccc4c4c(C(C)(C)C)cc-2[n+]1c43)O5. The number of ether oxygens (including phenoxy) is 1. The van der Waals surface area contributed by atoms with Gasteiger partial charge < -0.3 is 4.74 Å². The van der Waals surface area contributed by atoms with Gasteiger partial charge in [0.25, 0.3) is 11.5 Å². The summed E-state index contributed by atoms with van der Waals surface area (Å²) in [6, 6.07) is 36.8. The van der Waals surface area contributed by atoms with Crippen LogP contribution in [0.15, 0.2) is 97.1 Å². The van der Waals surface area contributed by atoms with Crippen LogP contribution in [0.2, 0.25) is 0 Å². The lowest BCUT2D eigenvalue weighted by molar-refractivity contribution is -0.925. The monoisotopic (exact) mass is 664 g/mol. The Kier molecular flexibility index (Phi) is 4.55.